The molecule has 0 heterocycles. The standard InChI is InChI=1S/C19H21BrO/c1-12(2)16-7-5-15(6-8-16)11-18(21)17-9-13(3)19(20)14(4)10-17/h5-10,12H,11H2,1-4H3. The normalized spacial score (nSPS) is 11.0. The number of ketones is 1. The van der Waals surface area contributed by atoms with Crippen LogP contribution in [0.15, 0.2) is 40.9 Å². The minimum Gasteiger partial charge on any atom is -0.294 e. The van der Waals surface area contributed by atoms with Crippen LogP contribution in [0.5, 0.6) is 0 Å². The van der Waals surface area contributed by atoms with Crippen LogP contribution in [0.2, 0.25) is 0 Å². The van der Waals surface area contributed by atoms with Gasteiger partial charge in [-0.25, -0.2) is 0 Å². The monoisotopic (exact) mass is 344 g/mol. The lowest BCUT2D eigenvalue weighted by Crippen LogP contribution is -2.05. The molecular formula is C19H21BrO. The summed E-state index contributed by atoms with van der Waals surface area (Å²) in [5.74, 6) is 0.692. The number of carbonyl (C=O) groups excluding carboxylic acids is 1. The SMILES string of the molecule is Cc1cc(C(=O)Cc2ccc(C(C)C)cc2)cc(C)c1Br. The Kier molecular flexibility index (Phi) is 5.00. The number of aryl methyl sites for hydroxylation is 2. The molecule has 0 aliphatic rings. The smallest absolute Gasteiger partial charge is 0.167 e. The van der Waals surface area contributed by atoms with E-state index in [0.717, 1.165) is 26.7 Å². The minimum atomic E-state index is 0.172. The van der Waals surface area contributed by atoms with Crippen molar-refractivity contribution in [3.8, 4) is 0 Å². The summed E-state index contributed by atoms with van der Waals surface area (Å²) in [5, 5.41) is 0. The summed E-state index contributed by atoms with van der Waals surface area (Å²) in [5.41, 5.74) is 5.38. The highest BCUT2D eigenvalue weighted by Gasteiger charge is 2.11. The number of hydrogen-bond donors (Lipinski definition) is 0. The third-order valence-corrected chi connectivity index (χ3v) is 5.02. The van der Waals surface area contributed by atoms with Gasteiger partial charge in [0.15, 0.2) is 5.78 Å². The van der Waals surface area contributed by atoms with Crippen molar-refractivity contribution in [1.29, 1.82) is 0 Å². The van der Waals surface area contributed by atoms with Crippen LogP contribution in [0.1, 0.15) is 52.4 Å². The van der Waals surface area contributed by atoms with Crippen LogP contribution in [-0.4, -0.2) is 5.78 Å². The van der Waals surface area contributed by atoms with E-state index < -0.39 is 0 Å². The van der Waals surface area contributed by atoms with Gasteiger partial charge in [0.25, 0.3) is 0 Å². The fourth-order valence-corrected chi connectivity index (χ4v) is 2.64. The first kappa shape index (κ1) is 16.0. The van der Waals surface area contributed by atoms with E-state index >= 15 is 0 Å². The van der Waals surface area contributed by atoms with Gasteiger partial charge in [-0.2, -0.15) is 0 Å². The van der Waals surface area contributed by atoms with Gasteiger partial charge in [-0.15, -0.1) is 0 Å². The molecule has 0 aliphatic carbocycles. The Bertz CT molecular complexity index is 631. The van der Waals surface area contributed by atoms with Crippen LogP contribution in [0, 0.1) is 13.8 Å². The Morgan fingerprint density at radius 2 is 1.57 bits per heavy atom. The van der Waals surface area contributed by atoms with Crippen LogP contribution in [0.4, 0.5) is 0 Å². The molecule has 0 aromatic heterocycles. The molecule has 21 heavy (non-hydrogen) atoms. The van der Waals surface area contributed by atoms with Gasteiger partial charge in [0, 0.05) is 16.5 Å². The average molecular weight is 345 g/mol. The maximum Gasteiger partial charge on any atom is 0.167 e. The van der Waals surface area contributed by atoms with Gasteiger partial charge in [0.05, 0.1) is 0 Å². The number of carbonyl (C=O) groups is 1. The molecule has 0 bridgehead atoms. The second kappa shape index (κ2) is 6.57. The number of Topliss-reactive ketones (excluding diaryl/α,β-unsaturated/α-hetero) is 1. The third kappa shape index (κ3) is 3.82. The second-order valence-electron chi connectivity index (χ2n) is 5.92. The maximum atomic E-state index is 12.4. The van der Waals surface area contributed by atoms with E-state index in [1.165, 1.54) is 5.56 Å². The summed E-state index contributed by atoms with van der Waals surface area (Å²) in [6, 6.07) is 12.3. The van der Waals surface area contributed by atoms with Gasteiger partial charge in [-0.05, 0) is 54.2 Å². The predicted octanol–water partition coefficient (Wildman–Crippen LogP) is 5.61. The fourth-order valence-electron chi connectivity index (χ4n) is 2.41. The van der Waals surface area contributed by atoms with Crippen molar-refractivity contribution >= 4 is 21.7 Å². The Labute approximate surface area is 135 Å². The van der Waals surface area contributed by atoms with Crippen molar-refractivity contribution in [3.63, 3.8) is 0 Å². The van der Waals surface area contributed by atoms with Crippen molar-refractivity contribution in [1.82, 2.24) is 0 Å². The molecule has 0 saturated heterocycles. The molecule has 0 aliphatic heterocycles. The molecule has 0 atom stereocenters. The molecule has 0 unspecified atom stereocenters. The topological polar surface area (TPSA) is 17.1 Å². The van der Waals surface area contributed by atoms with E-state index in [2.05, 4.69) is 54.0 Å². The van der Waals surface area contributed by atoms with Crippen LogP contribution >= 0.6 is 15.9 Å². The predicted molar refractivity (Wildman–Crippen MR) is 92.2 cm³/mol. The van der Waals surface area contributed by atoms with E-state index in [9.17, 15) is 4.79 Å². The minimum absolute atomic E-state index is 0.172. The lowest BCUT2D eigenvalue weighted by atomic mass is 9.97. The first-order valence-electron chi connectivity index (χ1n) is 7.27. The fraction of sp³-hybridized carbons (Fsp3) is 0.316. The molecule has 2 rings (SSSR count). The largest absolute Gasteiger partial charge is 0.294 e. The summed E-state index contributed by atoms with van der Waals surface area (Å²) in [4.78, 5) is 12.4. The zero-order valence-corrected chi connectivity index (χ0v) is 14.6. The molecule has 2 aromatic carbocycles. The Morgan fingerprint density at radius 1 is 1.05 bits per heavy atom. The Morgan fingerprint density at radius 3 is 2.05 bits per heavy atom. The van der Waals surface area contributed by atoms with E-state index in [1.807, 2.05) is 26.0 Å². The Balaban J connectivity index is 2.18. The molecule has 1 nitrogen and oxygen atoms in total. The van der Waals surface area contributed by atoms with E-state index in [1.54, 1.807) is 0 Å². The molecule has 0 amide bonds. The first-order valence-corrected chi connectivity index (χ1v) is 8.06. The molecule has 0 saturated carbocycles. The highest BCUT2D eigenvalue weighted by Crippen LogP contribution is 2.23. The number of benzene rings is 2. The number of rotatable bonds is 4. The van der Waals surface area contributed by atoms with Crippen LogP contribution in [-0.2, 0) is 6.42 Å². The Hall–Kier alpha value is -1.41. The van der Waals surface area contributed by atoms with E-state index in [4.69, 9.17) is 0 Å². The van der Waals surface area contributed by atoms with Crippen LogP contribution in [0.25, 0.3) is 0 Å². The second-order valence-corrected chi connectivity index (χ2v) is 6.71. The van der Waals surface area contributed by atoms with Crippen molar-refractivity contribution in [2.75, 3.05) is 0 Å². The van der Waals surface area contributed by atoms with Crippen molar-refractivity contribution in [3.05, 3.63) is 68.7 Å². The zero-order valence-electron chi connectivity index (χ0n) is 13.0. The summed E-state index contributed by atoms with van der Waals surface area (Å²) >= 11 is 3.54. The van der Waals surface area contributed by atoms with Crippen molar-refractivity contribution < 1.29 is 4.79 Å². The van der Waals surface area contributed by atoms with Gasteiger partial charge in [0.1, 0.15) is 0 Å². The molecule has 0 radical (unpaired) electrons. The van der Waals surface area contributed by atoms with Gasteiger partial charge in [-0.1, -0.05) is 54.0 Å². The number of hydrogen-bond acceptors (Lipinski definition) is 1. The summed E-state index contributed by atoms with van der Waals surface area (Å²) in [6.07, 6.45) is 0.457. The lowest BCUT2D eigenvalue weighted by molar-refractivity contribution is 0.0993. The van der Waals surface area contributed by atoms with Crippen molar-refractivity contribution in [2.24, 2.45) is 0 Å². The van der Waals surface area contributed by atoms with Gasteiger partial charge in [-0.3, -0.25) is 4.79 Å². The molecule has 110 valence electrons. The van der Waals surface area contributed by atoms with Gasteiger partial charge < -0.3 is 0 Å². The summed E-state index contributed by atoms with van der Waals surface area (Å²) in [6.45, 7) is 8.39. The molecule has 0 spiro atoms. The molecule has 2 heteroatoms. The third-order valence-electron chi connectivity index (χ3n) is 3.77. The van der Waals surface area contributed by atoms with Gasteiger partial charge in [0.2, 0.25) is 0 Å². The summed E-state index contributed by atoms with van der Waals surface area (Å²) < 4.78 is 1.08. The van der Waals surface area contributed by atoms with Gasteiger partial charge >= 0.3 is 0 Å². The average Bonchev–Trinajstić information content (AvgIpc) is 2.44. The van der Waals surface area contributed by atoms with Crippen LogP contribution in [0.3, 0.4) is 0 Å². The number of halogens is 1. The summed E-state index contributed by atoms with van der Waals surface area (Å²) in [7, 11) is 0. The van der Waals surface area contributed by atoms with E-state index in [0.29, 0.717) is 12.3 Å². The quantitative estimate of drug-likeness (QED) is 0.658. The highest BCUT2D eigenvalue weighted by molar-refractivity contribution is 9.10. The molecular weight excluding hydrogens is 324 g/mol. The zero-order chi connectivity index (χ0) is 15.6. The molecule has 0 N–H and O–H groups in total. The lowest BCUT2D eigenvalue weighted by Gasteiger charge is -2.09. The molecule has 2 aromatic rings. The molecule has 0 fully saturated rings. The van der Waals surface area contributed by atoms with E-state index in [-0.39, 0.29) is 5.78 Å². The van der Waals surface area contributed by atoms with Crippen molar-refractivity contribution in [2.45, 2.75) is 40.0 Å². The maximum absolute atomic E-state index is 12.4. The first-order chi connectivity index (χ1) is 9.88. The van der Waals surface area contributed by atoms with Crippen LogP contribution < -0.4 is 0 Å². The highest BCUT2D eigenvalue weighted by atomic mass is 79.9.